The van der Waals surface area contributed by atoms with Gasteiger partial charge in [0.05, 0.1) is 14.2 Å². The van der Waals surface area contributed by atoms with Crippen LogP contribution in [0.25, 0.3) is 15.5 Å². The number of carbonyl (C=O) groups is 1. The molecule has 0 radical (unpaired) electrons. The number of methoxy groups -OCH3 is 2. The highest BCUT2D eigenvalue weighted by atomic mass is 32.1. The molecule has 3 rings (SSSR count). The number of carboxylic acid groups (broad SMARTS) is 1. The van der Waals surface area contributed by atoms with Crippen molar-refractivity contribution in [3.63, 3.8) is 0 Å². The number of hydrogen-bond donors (Lipinski definition) is 1. The van der Waals surface area contributed by atoms with E-state index in [0.717, 1.165) is 21.9 Å². The SMILES string of the molecule is COc1ccc(-c2nn3c(C(=O)O)cc(=O)nc3s2)cc1OC. The van der Waals surface area contributed by atoms with Crippen LogP contribution in [0.2, 0.25) is 0 Å². The summed E-state index contributed by atoms with van der Waals surface area (Å²) in [6.07, 6.45) is 0. The average molecular weight is 333 g/mol. The fourth-order valence-corrected chi connectivity index (χ4v) is 2.96. The first-order valence-corrected chi connectivity index (χ1v) is 7.21. The van der Waals surface area contributed by atoms with Gasteiger partial charge in [-0.3, -0.25) is 4.79 Å². The molecule has 9 heteroatoms. The highest BCUT2D eigenvalue weighted by Crippen LogP contribution is 2.33. The van der Waals surface area contributed by atoms with Crippen molar-refractivity contribution in [1.82, 2.24) is 14.6 Å². The molecule has 0 spiro atoms. The molecular weight excluding hydrogens is 322 g/mol. The maximum Gasteiger partial charge on any atom is 0.354 e. The van der Waals surface area contributed by atoms with Crippen LogP contribution in [0, 0.1) is 0 Å². The van der Waals surface area contributed by atoms with Gasteiger partial charge < -0.3 is 14.6 Å². The number of hydrogen-bond acceptors (Lipinski definition) is 7. The fraction of sp³-hybridized carbons (Fsp3) is 0.143. The van der Waals surface area contributed by atoms with E-state index in [1.807, 2.05) is 0 Å². The Morgan fingerprint density at radius 3 is 2.61 bits per heavy atom. The van der Waals surface area contributed by atoms with Gasteiger partial charge in [-0.1, -0.05) is 11.3 Å². The van der Waals surface area contributed by atoms with E-state index in [4.69, 9.17) is 9.47 Å². The van der Waals surface area contributed by atoms with Gasteiger partial charge in [0.15, 0.2) is 17.2 Å². The number of nitrogens with zero attached hydrogens (tertiary/aromatic N) is 3. The summed E-state index contributed by atoms with van der Waals surface area (Å²) in [4.78, 5) is 26.7. The van der Waals surface area contributed by atoms with E-state index in [0.29, 0.717) is 22.1 Å². The lowest BCUT2D eigenvalue weighted by molar-refractivity contribution is 0.0687. The fourth-order valence-electron chi connectivity index (χ4n) is 2.05. The van der Waals surface area contributed by atoms with Crippen LogP contribution in [-0.2, 0) is 0 Å². The Balaban J connectivity index is 2.20. The topological polar surface area (TPSA) is 103 Å². The number of benzene rings is 1. The molecular formula is C14H11N3O5S. The van der Waals surface area contributed by atoms with E-state index in [2.05, 4.69) is 10.1 Å². The minimum Gasteiger partial charge on any atom is -0.493 e. The molecule has 118 valence electrons. The molecule has 0 aliphatic carbocycles. The second kappa shape index (κ2) is 5.69. The molecule has 23 heavy (non-hydrogen) atoms. The lowest BCUT2D eigenvalue weighted by Crippen LogP contribution is -2.15. The minimum absolute atomic E-state index is 0.208. The Morgan fingerprint density at radius 2 is 1.96 bits per heavy atom. The molecule has 0 aliphatic rings. The molecule has 0 saturated carbocycles. The maximum atomic E-state index is 11.5. The number of fused-ring (bicyclic) bond motifs is 1. The molecule has 0 unspecified atom stereocenters. The molecule has 3 aromatic rings. The van der Waals surface area contributed by atoms with Gasteiger partial charge in [0.1, 0.15) is 5.01 Å². The summed E-state index contributed by atoms with van der Waals surface area (Å²) in [5, 5.41) is 13.9. The first-order chi connectivity index (χ1) is 11.0. The van der Waals surface area contributed by atoms with Gasteiger partial charge in [-0.25, -0.2) is 4.79 Å². The molecule has 8 nitrogen and oxygen atoms in total. The Morgan fingerprint density at radius 1 is 1.22 bits per heavy atom. The summed E-state index contributed by atoms with van der Waals surface area (Å²) in [6, 6.07) is 6.14. The van der Waals surface area contributed by atoms with Gasteiger partial charge in [0.2, 0.25) is 4.96 Å². The third-order valence-electron chi connectivity index (χ3n) is 3.10. The number of aromatic nitrogens is 3. The summed E-state index contributed by atoms with van der Waals surface area (Å²) in [6.45, 7) is 0. The zero-order valence-corrected chi connectivity index (χ0v) is 13.0. The standard InChI is InChI=1S/C14H11N3O5S/c1-21-9-4-3-7(5-10(9)22-2)12-16-17-8(13(19)20)6-11(18)15-14(17)23-12/h3-6H,1-2H3,(H,19,20). The smallest absolute Gasteiger partial charge is 0.354 e. The molecule has 0 aliphatic heterocycles. The predicted molar refractivity (Wildman–Crippen MR) is 82.6 cm³/mol. The normalized spacial score (nSPS) is 10.7. The largest absolute Gasteiger partial charge is 0.493 e. The highest BCUT2D eigenvalue weighted by Gasteiger charge is 2.16. The monoisotopic (exact) mass is 333 g/mol. The Bertz CT molecular complexity index is 963. The number of carboxylic acids is 1. The lowest BCUT2D eigenvalue weighted by atomic mass is 10.2. The van der Waals surface area contributed by atoms with Crippen LogP contribution in [0.5, 0.6) is 11.5 Å². The van der Waals surface area contributed by atoms with Crippen LogP contribution in [0.4, 0.5) is 0 Å². The molecule has 2 heterocycles. The third kappa shape index (κ3) is 2.61. The van der Waals surface area contributed by atoms with Crippen molar-refractivity contribution in [3.8, 4) is 22.1 Å². The number of aromatic carboxylic acids is 1. The maximum absolute atomic E-state index is 11.5. The van der Waals surface area contributed by atoms with Gasteiger partial charge in [-0.2, -0.15) is 14.6 Å². The van der Waals surface area contributed by atoms with Crippen LogP contribution in [0.3, 0.4) is 0 Å². The molecule has 1 aromatic carbocycles. The molecule has 0 fully saturated rings. The van der Waals surface area contributed by atoms with Crippen molar-refractivity contribution in [2.24, 2.45) is 0 Å². The van der Waals surface area contributed by atoms with Gasteiger partial charge >= 0.3 is 5.97 Å². The Hall–Kier alpha value is -2.94. The van der Waals surface area contributed by atoms with E-state index in [1.54, 1.807) is 18.2 Å². The van der Waals surface area contributed by atoms with Crippen LogP contribution >= 0.6 is 11.3 Å². The van der Waals surface area contributed by atoms with Crippen LogP contribution in [0.1, 0.15) is 10.5 Å². The minimum atomic E-state index is -1.25. The van der Waals surface area contributed by atoms with Gasteiger partial charge in [-0.15, -0.1) is 0 Å². The van der Waals surface area contributed by atoms with E-state index >= 15 is 0 Å². The quantitative estimate of drug-likeness (QED) is 0.772. The van der Waals surface area contributed by atoms with Crippen molar-refractivity contribution in [1.29, 1.82) is 0 Å². The lowest BCUT2D eigenvalue weighted by Gasteiger charge is -2.07. The van der Waals surface area contributed by atoms with Crippen molar-refractivity contribution >= 4 is 22.3 Å². The molecule has 1 N–H and O–H groups in total. The zero-order valence-electron chi connectivity index (χ0n) is 12.1. The second-order valence-electron chi connectivity index (χ2n) is 4.46. The zero-order chi connectivity index (χ0) is 16.6. The van der Waals surface area contributed by atoms with E-state index in [9.17, 15) is 14.7 Å². The first-order valence-electron chi connectivity index (χ1n) is 6.40. The van der Waals surface area contributed by atoms with Crippen molar-refractivity contribution in [2.45, 2.75) is 0 Å². The predicted octanol–water partition coefficient (Wildman–Crippen LogP) is 1.53. The summed E-state index contributed by atoms with van der Waals surface area (Å²) in [7, 11) is 3.05. The van der Waals surface area contributed by atoms with Crippen molar-refractivity contribution in [3.05, 3.63) is 40.3 Å². The summed E-state index contributed by atoms with van der Waals surface area (Å²) >= 11 is 1.11. The molecule has 0 amide bonds. The number of ether oxygens (including phenoxy) is 2. The molecule has 2 aromatic heterocycles. The number of rotatable bonds is 4. The van der Waals surface area contributed by atoms with Gasteiger partial charge in [-0.05, 0) is 18.2 Å². The van der Waals surface area contributed by atoms with Crippen molar-refractivity contribution < 1.29 is 19.4 Å². The molecule has 0 atom stereocenters. The first kappa shape index (κ1) is 15.0. The highest BCUT2D eigenvalue weighted by molar-refractivity contribution is 7.19. The van der Waals surface area contributed by atoms with Crippen LogP contribution < -0.4 is 15.0 Å². The van der Waals surface area contributed by atoms with E-state index < -0.39 is 11.5 Å². The van der Waals surface area contributed by atoms with Crippen LogP contribution in [0.15, 0.2) is 29.1 Å². The third-order valence-corrected chi connectivity index (χ3v) is 4.06. The summed E-state index contributed by atoms with van der Waals surface area (Å²) in [5.74, 6) is -0.162. The van der Waals surface area contributed by atoms with Gasteiger partial charge in [0.25, 0.3) is 5.56 Å². The molecule has 0 bridgehead atoms. The Kier molecular flexibility index (Phi) is 3.70. The van der Waals surface area contributed by atoms with Crippen molar-refractivity contribution in [2.75, 3.05) is 14.2 Å². The van der Waals surface area contributed by atoms with E-state index in [-0.39, 0.29) is 10.7 Å². The summed E-state index contributed by atoms with van der Waals surface area (Å²) < 4.78 is 11.6. The average Bonchev–Trinajstić information content (AvgIpc) is 2.96. The second-order valence-corrected chi connectivity index (χ2v) is 5.41. The van der Waals surface area contributed by atoms with E-state index in [1.165, 1.54) is 14.2 Å². The van der Waals surface area contributed by atoms with Crippen LogP contribution in [-0.4, -0.2) is 39.9 Å². The Labute approximate surface area is 133 Å². The summed E-state index contributed by atoms with van der Waals surface area (Å²) in [5.41, 5.74) is -0.158. The van der Waals surface area contributed by atoms with Gasteiger partial charge in [0, 0.05) is 11.6 Å². The molecule has 0 saturated heterocycles.